The highest BCUT2D eigenvalue weighted by atomic mass is 19.1. The number of fused-ring (bicyclic) bond motifs is 1. The number of carboxylic acid groups (broad SMARTS) is 1. The molecule has 20 heavy (non-hydrogen) atoms. The number of halogens is 1. The van der Waals surface area contributed by atoms with Crippen LogP contribution in [0, 0.1) is 11.7 Å². The smallest absolute Gasteiger partial charge is 0.310 e. The minimum atomic E-state index is -0.809. The van der Waals surface area contributed by atoms with E-state index in [1.54, 1.807) is 6.07 Å². The molecule has 108 valence electrons. The zero-order valence-corrected chi connectivity index (χ0v) is 11.4. The first-order valence-corrected chi connectivity index (χ1v) is 6.88. The van der Waals surface area contributed by atoms with Crippen molar-refractivity contribution in [3.05, 3.63) is 35.1 Å². The van der Waals surface area contributed by atoms with Crippen LogP contribution in [0.3, 0.4) is 0 Å². The third kappa shape index (κ3) is 2.21. The fourth-order valence-electron chi connectivity index (χ4n) is 3.40. The first-order chi connectivity index (χ1) is 9.58. The van der Waals surface area contributed by atoms with Crippen LogP contribution in [-0.2, 0) is 16.0 Å². The van der Waals surface area contributed by atoms with E-state index in [0.29, 0.717) is 6.61 Å². The summed E-state index contributed by atoms with van der Waals surface area (Å²) in [5.41, 5.74) is 2.15. The third-order valence-electron chi connectivity index (χ3n) is 4.53. The van der Waals surface area contributed by atoms with Crippen molar-refractivity contribution in [1.29, 1.82) is 0 Å². The van der Waals surface area contributed by atoms with Gasteiger partial charge in [0.2, 0.25) is 0 Å². The van der Waals surface area contributed by atoms with Gasteiger partial charge in [0, 0.05) is 12.1 Å². The number of carboxylic acids is 1. The molecule has 1 aromatic rings. The Morgan fingerprint density at radius 2 is 2.25 bits per heavy atom. The molecule has 5 heteroatoms. The van der Waals surface area contributed by atoms with Crippen LogP contribution in [0.2, 0.25) is 0 Å². The zero-order valence-electron chi connectivity index (χ0n) is 11.4. The van der Waals surface area contributed by atoms with E-state index >= 15 is 0 Å². The van der Waals surface area contributed by atoms with Crippen LogP contribution in [0.4, 0.5) is 4.39 Å². The lowest BCUT2D eigenvalue weighted by Gasteiger charge is -2.32. The molecule has 3 atom stereocenters. The summed E-state index contributed by atoms with van der Waals surface area (Å²) in [5, 5.41) is 9.25. The highest BCUT2D eigenvalue weighted by molar-refractivity contribution is 5.71. The number of aliphatic carboxylic acids is 1. The lowest BCUT2D eigenvalue weighted by atomic mass is 9.99. The Hall–Kier alpha value is -1.46. The van der Waals surface area contributed by atoms with Gasteiger partial charge in [-0.25, -0.2) is 4.39 Å². The summed E-state index contributed by atoms with van der Waals surface area (Å²) in [7, 11) is 1.94. The van der Waals surface area contributed by atoms with Gasteiger partial charge in [-0.1, -0.05) is 6.07 Å². The predicted octanol–water partition coefficient (Wildman–Crippen LogP) is 1.84. The molecular weight excluding hydrogens is 261 g/mol. The Balaban J connectivity index is 1.83. The van der Waals surface area contributed by atoms with Crippen molar-refractivity contribution in [3.63, 3.8) is 0 Å². The Labute approximate surface area is 117 Å². The molecule has 0 amide bonds. The Kier molecular flexibility index (Phi) is 3.48. The second-order valence-corrected chi connectivity index (χ2v) is 5.61. The second kappa shape index (κ2) is 5.14. The van der Waals surface area contributed by atoms with Crippen LogP contribution in [0.15, 0.2) is 18.2 Å². The summed E-state index contributed by atoms with van der Waals surface area (Å²) in [5.74, 6) is -1.50. The second-order valence-electron chi connectivity index (χ2n) is 5.61. The maximum atomic E-state index is 13.2. The summed E-state index contributed by atoms with van der Waals surface area (Å²) in [6.07, 6.45) is 1.74. The van der Waals surface area contributed by atoms with Crippen molar-refractivity contribution in [3.8, 4) is 0 Å². The standard InChI is InChI=1S/C15H18FNO3/c1-17(14-8-20-7-12(14)15(18)19)13-5-2-9-6-10(16)3-4-11(9)13/h3-4,6,12-14H,2,5,7-8H2,1H3,(H,18,19). The molecule has 4 nitrogen and oxygen atoms in total. The van der Waals surface area contributed by atoms with Gasteiger partial charge in [-0.05, 0) is 43.1 Å². The minimum absolute atomic E-state index is 0.117. The Morgan fingerprint density at radius 1 is 1.45 bits per heavy atom. The van der Waals surface area contributed by atoms with Gasteiger partial charge in [-0.2, -0.15) is 0 Å². The van der Waals surface area contributed by atoms with Gasteiger partial charge in [-0.3, -0.25) is 9.69 Å². The number of ether oxygens (including phenoxy) is 1. The number of carbonyl (C=O) groups is 1. The highest BCUT2D eigenvalue weighted by Gasteiger charge is 2.40. The SMILES string of the molecule is CN(C1CCc2cc(F)ccc21)C1COCC1C(=O)O. The van der Waals surface area contributed by atoms with Crippen molar-refractivity contribution in [2.75, 3.05) is 20.3 Å². The molecule has 0 saturated carbocycles. The topological polar surface area (TPSA) is 49.8 Å². The number of hydrogen-bond acceptors (Lipinski definition) is 3. The molecule has 1 aromatic carbocycles. The molecule has 1 saturated heterocycles. The molecule has 2 aliphatic rings. The molecule has 3 unspecified atom stereocenters. The molecule has 1 aliphatic heterocycles. The Morgan fingerprint density at radius 3 is 3.00 bits per heavy atom. The summed E-state index contributed by atoms with van der Waals surface area (Å²) in [6, 6.07) is 4.92. The van der Waals surface area contributed by atoms with Crippen molar-refractivity contribution < 1.29 is 19.0 Å². The van der Waals surface area contributed by atoms with E-state index < -0.39 is 11.9 Å². The van der Waals surface area contributed by atoms with Gasteiger partial charge in [0.25, 0.3) is 0 Å². The van der Waals surface area contributed by atoms with Crippen molar-refractivity contribution >= 4 is 5.97 Å². The summed E-state index contributed by atoms with van der Waals surface area (Å²) in [6.45, 7) is 0.716. The average Bonchev–Trinajstić information content (AvgIpc) is 3.03. The number of hydrogen-bond donors (Lipinski definition) is 1. The Bertz CT molecular complexity index is 534. The van der Waals surface area contributed by atoms with Gasteiger partial charge < -0.3 is 9.84 Å². The summed E-state index contributed by atoms with van der Waals surface area (Å²) in [4.78, 5) is 13.4. The highest BCUT2D eigenvalue weighted by Crippen LogP contribution is 2.38. The normalized spacial score (nSPS) is 28.9. The molecular formula is C15H18FNO3. The van der Waals surface area contributed by atoms with Crippen LogP contribution in [0.1, 0.15) is 23.6 Å². The fourth-order valence-corrected chi connectivity index (χ4v) is 3.40. The van der Waals surface area contributed by atoms with Crippen LogP contribution in [0.5, 0.6) is 0 Å². The molecule has 1 aliphatic carbocycles. The van der Waals surface area contributed by atoms with Gasteiger partial charge in [0.15, 0.2) is 0 Å². The number of benzene rings is 1. The van der Waals surface area contributed by atoms with Crippen LogP contribution in [0.25, 0.3) is 0 Å². The molecule has 3 rings (SSSR count). The maximum Gasteiger partial charge on any atom is 0.310 e. The van der Waals surface area contributed by atoms with Crippen LogP contribution in [-0.4, -0.2) is 42.3 Å². The molecule has 0 bridgehead atoms. The summed E-state index contributed by atoms with van der Waals surface area (Å²) >= 11 is 0. The van der Waals surface area contributed by atoms with Gasteiger partial charge in [0.1, 0.15) is 5.82 Å². The van der Waals surface area contributed by atoms with E-state index in [2.05, 4.69) is 4.90 Å². The molecule has 0 aromatic heterocycles. The predicted molar refractivity (Wildman–Crippen MR) is 71.0 cm³/mol. The van der Waals surface area contributed by atoms with E-state index in [1.807, 2.05) is 13.1 Å². The average molecular weight is 279 g/mol. The zero-order chi connectivity index (χ0) is 14.3. The molecule has 0 radical (unpaired) electrons. The van der Waals surface area contributed by atoms with Crippen molar-refractivity contribution in [2.24, 2.45) is 5.92 Å². The fraction of sp³-hybridized carbons (Fsp3) is 0.533. The number of likely N-dealkylation sites (N-methyl/N-ethyl adjacent to an activating group) is 1. The first-order valence-electron chi connectivity index (χ1n) is 6.88. The molecule has 1 fully saturated rings. The number of rotatable bonds is 3. The van der Waals surface area contributed by atoms with E-state index in [-0.39, 0.29) is 24.5 Å². The third-order valence-corrected chi connectivity index (χ3v) is 4.53. The van der Waals surface area contributed by atoms with Crippen LogP contribution < -0.4 is 0 Å². The maximum absolute atomic E-state index is 13.2. The van der Waals surface area contributed by atoms with Crippen LogP contribution >= 0.6 is 0 Å². The van der Waals surface area contributed by atoms with Gasteiger partial charge in [0.05, 0.1) is 19.1 Å². The van der Waals surface area contributed by atoms with Gasteiger partial charge in [-0.15, -0.1) is 0 Å². The van der Waals surface area contributed by atoms with E-state index in [9.17, 15) is 14.3 Å². The van der Waals surface area contributed by atoms with E-state index in [4.69, 9.17) is 4.74 Å². The largest absolute Gasteiger partial charge is 0.481 e. The van der Waals surface area contributed by atoms with Crippen molar-refractivity contribution in [2.45, 2.75) is 24.9 Å². The minimum Gasteiger partial charge on any atom is -0.481 e. The molecule has 1 N–H and O–H groups in total. The van der Waals surface area contributed by atoms with Crippen molar-refractivity contribution in [1.82, 2.24) is 4.90 Å². The quantitative estimate of drug-likeness (QED) is 0.917. The first kappa shape index (κ1) is 13.5. The van der Waals surface area contributed by atoms with E-state index in [0.717, 1.165) is 24.0 Å². The molecule has 0 spiro atoms. The lowest BCUT2D eigenvalue weighted by molar-refractivity contribution is -0.143. The lowest BCUT2D eigenvalue weighted by Crippen LogP contribution is -2.42. The number of nitrogens with zero attached hydrogens (tertiary/aromatic N) is 1. The van der Waals surface area contributed by atoms with E-state index in [1.165, 1.54) is 6.07 Å². The molecule has 1 heterocycles. The summed E-state index contributed by atoms with van der Waals surface area (Å²) < 4.78 is 18.6. The van der Waals surface area contributed by atoms with Gasteiger partial charge >= 0.3 is 5.97 Å². The monoisotopic (exact) mass is 279 g/mol. The number of aryl methyl sites for hydroxylation is 1.